The summed E-state index contributed by atoms with van der Waals surface area (Å²) in [4.78, 5) is 11.9. The number of aromatic nitrogens is 3. The molecular weight excluding hydrogens is 328 g/mol. The molecule has 0 radical (unpaired) electrons. The minimum atomic E-state index is -0.0216. The van der Waals surface area contributed by atoms with Crippen LogP contribution in [0.2, 0.25) is 0 Å². The van der Waals surface area contributed by atoms with E-state index in [9.17, 15) is 9.90 Å². The van der Waals surface area contributed by atoms with Gasteiger partial charge >= 0.3 is 0 Å². The van der Waals surface area contributed by atoms with E-state index >= 15 is 0 Å². The quantitative estimate of drug-likeness (QED) is 0.759. The fourth-order valence-corrected chi connectivity index (χ4v) is 3.17. The Morgan fingerprint density at radius 1 is 1.12 bits per heavy atom. The maximum Gasteiger partial charge on any atom is 0.253 e. The lowest BCUT2D eigenvalue weighted by Gasteiger charge is -2.25. The molecule has 0 saturated carbocycles. The SMILES string of the molecule is Cc1cc(-c2ccc(-c3ccc(C4CNC4)nn3)c(O)c2)cn(C)c1=O. The molecule has 26 heavy (non-hydrogen) atoms. The van der Waals surface area contributed by atoms with Crippen molar-refractivity contribution in [3.63, 3.8) is 0 Å². The second-order valence-corrected chi connectivity index (χ2v) is 6.76. The summed E-state index contributed by atoms with van der Waals surface area (Å²) in [5.74, 6) is 0.571. The van der Waals surface area contributed by atoms with Gasteiger partial charge in [-0.25, -0.2) is 0 Å². The lowest BCUT2D eigenvalue weighted by atomic mass is 9.98. The van der Waals surface area contributed by atoms with Crippen LogP contribution in [-0.2, 0) is 7.05 Å². The second-order valence-electron chi connectivity index (χ2n) is 6.76. The predicted octanol–water partition coefficient (Wildman–Crippen LogP) is 2.21. The van der Waals surface area contributed by atoms with E-state index in [0.717, 1.165) is 29.9 Å². The largest absolute Gasteiger partial charge is 0.507 e. The number of aromatic hydroxyl groups is 1. The molecule has 1 aliphatic rings. The monoisotopic (exact) mass is 348 g/mol. The average molecular weight is 348 g/mol. The third-order valence-corrected chi connectivity index (χ3v) is 4.85. The summed E-state index contributed by atoms with van der Waals surface area (Å²) >= 11 is 0. The lowest BCUT2D eigenvalue weighted by molar-refractivity contribution is 0.436. The molecule has 1 fully saturated rings. The first kappa shape index (κ1) is 16.5. The molecule has 0 atom stereocenters. The maximum atomic E-state index is 11.9. The molecule has 2 N–H and O–H groups in total. The zero-order chi connectivity index (χ0) is 18.3. The highest BCUT2D eigenvalue weighted by Crippen LogP contribution is 2.32. The smallest absolute Gasteiger partial charge is 0.253 e. The molecule has 6 nitrogen and oxygen atoms in total. The van der Waals surface area contributed by atoms with Crippen molar-refractivity contribution in [3.8, 4) is 28.1 Å². The van der Waals surface area contributed by atoms with Crippen LogP contribution in [0, 0.1) is 6.92 Å². The average Bonchev–Trinajstić information content (AvgIpc) is 2.58. The highest BCUT2D eigenvalue weighted by atomic mass is 16.3. The predicted molar refractivity (Wildman–Crippen MR) is 100 cm³/mol. The standard InChI is InChI=1S/C20H20N4O2/c1-12-7-14(11-24(2)20(12)26)13-3-4-16(19(25)8-13)18-6-5-17(22-23-18)15-9-21-10-15/h3-8,11,15,21,25H,9-10H2,1-2H3. The van der Waals surface area contributed by atoms with Gasteiger partial charge in [0.25, 0.3) is 5.56 Å². The molecule has 0 bridgehead atoms. The van der Waals surface area contributed by atoms with Gasteiger partial charge in [-0.05, 0) is 48.4 Å². The number of phenols is 1. The molecule has 1 aliphatic heterocycles. The number of aryl methyl sites for hydroxylation is 2. The lowest BCUT2D eigenvalue weighted by Crippen LogP contribution is -2.40. The first-order valence-electron chi connectivity index (χ1n) is 8.58. The van der Waals surface area contributed by atoms with Crippen LogP contribution < -0.4 is 10.9 Å². The Hall–Kier alpha value is -2.99. The van der Waals surface area contributed by atoms with Crippen LogP contribution in [0.1, 0.15) is 17.2 Å². The van der Waals surface area contributed by atoms with Gasteiger partial charge in [-0.2, -0.15) is 10.2 Å². The molecule has 3 aromatic rings. The van der Waals surface area contributed by atoms with E-state index in [-0.39, 0.29) is 11.3 Å². The van der Waals surface area contributed by atoms with Gasteiger partial charge in [0.1, 0.15) is 5.75 Å². The molecule has 6 heteroatoms. The number of phenolic OH excluding ortho intramolecular Hbond substituents is 1. The molecule has 1 saturated heterocycles. The van der Waals surface area contributed by atoms with Gasteiger partial charge in [0.2, 0.25) is 0 Å². The van der Waals surface area contributed by atoms with Gasteiger partial charge in [-0.1, -0.05) is 6.07 Å². The Bertz CT molecular complexity index is 995. The highest BCUT2D eigenvalue weighted by molar-refractivity contribution is 5.74. The molecule has 0 unspecified atom stereocenters. The summed E-state index contributed by atoms with van der Waals surface area (Å²) < 4.78 is 1.55. The van der Waals surface area contributed by atoms with Crippen molar-refractivity contribution in [2.24, 2.45) is 7.05 Å². The van der Waals surface area contributed by atoms with E-state index in [0.29, 0.717) is 22.7 Å². The van der Waals surface area contributed by atoms with Crippen LogP contribution >= 0.6 is 0 Å². The van der Waals surface area contributed by atoms with E-state index in [1.165, 1.54) is 0 Å². The van der Waals surface area contributed by atoms with Crippen molar-refractivity contribution in [3.05, 3.63) is 64.2 Å². The number of benzene rings is 1. The molecule has 4 rings (SSSR count). The second kappa shape index (κ2) is 6.38. The van der Waals surface area contributed by atoms with Gasteiger partial charge in [-0.15, -0.1) is 0 Å². The molecule has 0 aliphatic carbocycles. The summed E-state index contributed by atoms with van der Waals surface area (Å²) in [5, 5.41) is 22.3. The first-order chi connectivity index (χ1) is 12.5. The minimum absolute atomic E-state index is 0.0216. The van der Waals surface area contributed by atoms with E-state index < -0.39 is 0 Å². The van der Waals surface area contributed by atoms with Crippen LogP contribution in [0.5, 0.6) is 5.75 Å². The Kier molecular flexibility index (Phi) is 4.05. The number of hydrogen-bond acceptors (Lipinski definition) is 5. The molecule has 2 aromatic heterocycles. The van der Waals surface area contributed by atoms with E-state index in [2.05, 4.69) is 15.5 Å². The fourth-order valence-electron chi connectivity index (χ4n) is 3.17. The third kappa shape index (κ3) is 2.88. The Balaban J connectivity index is 1.66. The summed E-state index contributed by atoms with van der Waals surface area (Å²) in [6, 6.07) is 11.1. The van der Waals surface area contributed by atoms with Crippen LogP contribution in [0.25, 0.3) is 22.4 Å². The number of rotatable bonds is 3. The molecule has 1 aromatic carbocycles. The van der Waals surface area contributed by atoms with Crippen molar-refractivity contribution < 1.29 is 5.11 Å². The van der Waals surface area contributed by atoms with Gasteiger partial charge in [0.15, 0.2) is 0 Å². The van der Waals surface area contributed by atoms with E-state index in [1.807, 2.05) is 30.3 Å². The molecule has 3 heterocycles. The molecule has 132 valence electrons. The third-order valence-electron chi connectivity index (χ3n) is 4.85. The molecule has 0 amide bonds. The Labute approximate surface area is 151 Å². The van der Waals surface area contributed by atoms with E-state index in [1.54, 1.807) is 30.8 Å². The Morgan fingerprint density at radius 3 is 2.50 bits per heavy atom. The molecule has 0 spiro atoms. The van der Waals surface area contributed by atoms with Gasteiger partial charge < -0.3 is 15.0 Å². The van der Waals surface area contributed by atoms with Crippen LogP contribution in [0.3, 0.4) is 0 Å². The molecular formula is C20H20N4O2. The zero-order valence-corrected chi connectivity index (χ0v) is 14.7. The van der Waals surface area contributed by atoms with Crippen LogP contribution in [0.15, 0.2) is 47.4 Å². The van der Waals surface area contributed by atoms with Crippen LogP contribution in [-0.4, -0.2) is 33.0 Å². The summed E-state index contributed by atoms with van der Waals surface area (Å²) in [5.41, 5.74) is 4.62. The van der Waals surface area contributed by atoms with Gasteiger partial charge in [0, 0.05) is 43.4 Å². The normalized spacial score (nSPS) is 14.2. The number of nitrogens with one attached hydrogen (secondary N) is 1. The van der Waals surface area contributed by atoms with Crippen LogP contribution in [0.4, 0.5) is 0 Å². The summed E-state index contributed by atoms with van der Waals surface area (Å²) in [6.07, 6.45) is 1.77. The number of hydrogen-bond donors (Lipinski definition) is 2. The van der Waals surface area contributed by atoms with Crippen molar-refractivity contribution in [2.45, 2.75) is 12.8 Å². The van der Waals surface area contributed by atoms with Gasteiger partial charge in [0.05, 0.1) is 11.4 Å². The van der Waals surface area contributed by atoms with E-state index in [4.69, 9.17) is 0 Å². The highest BCUT2D eigenvalue weighted by Gasteiger charge is 2.20. The zero-order valence-electron chi connectivity index (χ0n) is 14.7. The number of pyridine rings is 1. The Morgan fingerprint density at radius 2 is 1.92 bits per heavy atom. The topological polar surface area (TPSA) is 80.0 Å². The van der Waals surface area contributed by atoms with Gasteiger partial charge in [-0.3, -0.25) is 4.79 Å². The summed E-state index contributed by atoms with van der Waals surface area (Å²) in [7, 11) is 1.72. The fraction of sp³-hybridized carbons (Fsp3) is 0.250. The number of nitrogens with zero attached hydrogens (tertiary/aromatic N) is 3. The van der Waals surface area contributed by atoms with Crippen molar-refractivity contribution in [1.82, 2.24) is 20.1 Å². The maximum absolute atomic E-state index is 11.9. The van der Waals surface area contributed by atoms with Crippen molar-refractivity contribution in [1.29, 1.82) is 0 Å². The summed E-state index contributed by atoms with van der Waals surface area (Å²) in [6.45, 7) is 3.66. The van der Waals surface area contributed by atoms with Crippen molar-refractivity contribution in [2.75, 3.05) is 13.1 Å². The van der Waals surface area contributed by atoms with Crippen molar-refractivity contribution >= 4 is 0 Å². The first-order valence-corrected chi connectivity index (χ1v) is 8.58. The minimum Gasteiger partial charge on any atom is -0.507 e.